The second kappa shape index (κ2) is 9.77. The molecule has 0 amide bonds. The molecule has 1 fully saturated rings. The summed E-state index contributed by atoms with van der Waals surface area (Å²) in [5.74, 6) is 2.07. The van der Waals surface area contributed by atoms with Gasteiger partial charge in [0.2, 0.25) is 10.0 Å². The minimum Gasteiger partial charge on any atom is -0.497 e. The smallest absolute Gasteiger partial charge is 0.243 e. The lowest BCUT2D eigenvalue weighted by atomic mass is 10.1. The third-order valence-electron chi connectivity index (χ3n) is 5.97. The van der Waals surface area contributed by atoms with Crippen LogP contribution in [0.2, 0.25) is 5.02 Å². The summed E-state index contributed by atoms with van der Waals surface area (Å²) in [5.41, 5.74) is 2.83. The summed E-state index contributed by atoms with van der Waals surface area (Å²) in [6.45, 7) is 5.32. The minimum atomic E-state index is -3.61. The lowest BCUT2D eigenvalue weighted by Gasteiger charge is -2.34. The largest absolute Gasteiger partial charge is 0.497 e. The summed E-state index contributed by atoms with van der Waals surface area (Å²) in [5, 5.41) is 9.33. The Balaban J connectivity index is 1.49. The van der Waals surface area contributed by atoms with Crippen LogP contribution in [0.4, 0.5) is 5.82 Å². The molecule has 4 rings (SSSR count). The van der Waals surface area contributed by atoms with Crippen molar-refractivity contribution in [2.45, 2.75) is 18.7 Å². The number of benzene rings is 2. The predicted octanol–water partition coefficient (Wildman–Crippen LogP) is 3.94. The lowest BCUT2D eigenvalue weighted by Crippen LogP contribution is -2.49. The van der Waals surface area contributed by atoms with Crippen LogP contribution in [0.15, 0.2) is 47.4 Å². The number of anilines is 1. The van der Waals surface area contributed by atoms with Gasteiger partial charge >= 0.3 is 0 Å². The van der Waals surface area contributed by atoms with Crippen LogP contribution in [-0.2, 0) is 10.0 Å². The molecule has 0 aliphatic carbocycles. The summed E-state index contributed by atoms with van der Waals surface area (Å²) in [4.78, 5) is 2.34. The van der Waals surface area contributed by atoms with Crippen molar-refractivity contribution in [2.24, 2.45) is 0 Å². The summed E-state index contributed by atoms with van der Waals surface area (Å²) >= 11 is 6.15. The average molecular weight is 503 g/mol. The second-order valence-corrected chi connectivity index (χ2v) is 10.4. The summed E-state index contributed by atoms with van der Waals surface area (Å²) in [6.07, 6.45) is 0. The van der Waals surface area contributed by atoms with Crippen LogP contribution >= 0.6 is 11.6 Å². The zero-order valence-electron chi connectivity index (χ0n) is 19.6. The Hall–Kier alpha value is -2.88. The van der Waals surface area contributed by atoms with E-state index in [0.717, 1.165) is 11.1 Å². The van der Waals surface area contributed by atoms with Crippen LogP contribution in [0, 0.1) is 13.8 Å². The van der Waals surface area contributed by atoms with Gasteiger partial charge in [0.25, 0.3) is 0 Å². The van der Waals surface area contributed by atoms with Crippen LogP contribution < -0.4 is 14.4 Å². The first kappa shape index (κ1) is 24.3. The van der Waals surface area contributed by atoms with Crippen LogP contribution in [0.25, 0.3) is 11.3 Å². The molecular formula is C24H27ClN4O4S. The van der Waals surface area contributed by atoms with Gasteiger partial charge in [-0.15, -0.1) is 10.2 Å². The fraction of sp³-hybridized carbons (Fsp3) is 0.333. The molecule has 1 aromatic heterocycles. The highest BCUT2D eigenvalue weighted by Crippen LogP contribution is 2.33. The molecule has 3 aromatic rings. The standard InChI is InChI=1S/C24H27ClN4O4S/c1-16-14-23(17(2)13-20(16)25)34(30,31)29-11-9-28(10-12-29)24-8-6-21(26-27-24)19-15-18(32-3)5-7-22(19)33-4/h5-8,13-15H,9-12H2,1-4H3. The Morgan fingerprint density at radius 2 is 1.62 bits per heavy atom. The molecule has 1 aliphatic heterocycles. The number of rotatable bonds is 6. The fourth-order valence-corrected chi connectivity index (χ4v) is 5.91. The molecule has 10 heteroatoms. The van der Waals surface area contributed by atoms with E-state index in [2.05, 4.69) is 10.2 Å². The molecule has 2 heterocycles. The van der Waals surface area contributed by atoms with Crippen molar-refractivity contribution in [1.29, 1.82) is 0 Å². The highest BCUT2D eigenvalue weighted by molar-refractivity contribution is 7.89. The maximum atomic E-state index is 13.2. The molecule has 1 saturated heterocycles. The Bertz CT molecular complexity index is 1290. The van der Waals surface area contributed by atoms with Crippen LogP contribution in [0.3, 0.4) is 0 Å². The maximum Gasteiger partial charge on any atom is 0.243 e. The Kier molecular flexibility index (Phi) is 6.97. The third-order valence-corrected chi connectivity index (χ3v) is 8.42. The molecular weight excluding hydrogens is 476 g/mol. The van der Waals surface area contributed by atoms with Gasteiger partial charge in [-0.05, 0) is 67.4 Å². The average Bonchev–Trinajstić information content (AvgIpc) is 2.86. The van der Waals surface area contributed by atoms with Crippen molar-refractivity contribution in [2.75, 3.05) is 45.3 Å². The number of halogens is 1. The molecule has 2 aromatic carbocycles. The van der Waals surface area contributed by atoms with Crippen molar-refractivity contribution in [3.05, 3.63) is 58.6 Å². The maximum absolute atomic E-state index is 13.2. The zero-order valence-corrected chi connectivity index (χ0v) is 21.2. The fourth-order valence-electron chi connectivity index (χ4n) is 3.98. The number of nitrogens with zero attached hydrogens (tertiary/aromatic N) is 4. The number of aryl methyl sites for hydroxylation is 2. The lowest BCUT2D eigenvalue weighted by molar-refractivity contribution is 0.383. The first-order chi connectivity index (χ1) is 16.2. The summed E-state index contributed by atoms with van der Waals surface area (Å²) < 4.78 is 38.8. The predicted molar refractivity (Wildman–Crippen MR) is 132 cm³/mol. The summed E-state index contributed by atoms with van der Waals surface area (Å²) in [7, 11) is -0.397. The topological polar surface area (TPSA) is 84.9 Å². The van der Waals surface area contributed by atoms with Gasteiger partial charge in [-0.2, -0.15) is 4.31 Å². The Morgan fingerprint density at radius 1 is 0.882 bits per heavy atom. The number of hydrogen-bond acceptors (Lipinski definition) is 7. The Labute approximate surface area is 205 Å². The van der Waals surface area contributed by atoms with Gasteiger partial charge in [0.1, 0.15) is 11.5 Å². The number of ether oxygens (including phenoxy) is 2. The van der Waals surface area contributed by atoms with E-state index in [0.29, 0.717) is 64.7 Å². The monoisotopic (exact) mass is 502 g/mol. The first-order valence-electron chi connectivity index (χ1n) is 10.8. The van der Waals surface area contributed by atoms with Crippen molar-refractivity contribution in [3.8, 4) is 22.8 Å². The molecule has 0 bridgehead atoms. The molecule has 0 N–H and O–H groups in total. The van der Waals surface area contributed by atoms with Crippen molar-refractivity contribution < 1.29 is 17.9 Å². The normalized spacial score (nSPS) is 14.8. The van der Waals surface area contributed by atoms with E-state index in [4.69, 9.17) is 21.1 Å². The van der Waals surface area contributed by atoms with Gasteiger partial charge in [0, 0.05) is 36.8 Å². The molecule has 0 saturated carbocycles. The molecule has 0 unspecified atom stereocenters. The van der Waals surface area contributed by atoms with E-state index in [1.807, 2.05) is 42.2 Å². The number of methoxy groups -OCH3 is 2. The first-order valence-corrected chi connectivity index (χ1v) is 12.6. The molecule has 180 valence electrons. The highest BCUT2D eigenvalue weighted by atomic mass is 35.5. The van der Waals surface area contributed by atoms with Crippen LogP contribution in [-0.4, -0.2) is 63.3 Å². The number of sulfonamides is 1. The number of aromatic nitrogens is 2. The Morgan fingerprint density at radius 3 is 2.24 bits per heavy atom. The van der Waals surface area contributed by atoms with E-state index in [1.165, 1.54) is 4.31 Å². The van der Waals surface area contributed by atoms with Crippen LogP contribution in [0.1, 0.15) is 11.1 Å². The number of hydrogen-bond donors (Lipinski definition) is 0. The van der Waals surface area contributed by atoms with Gasteiger partial charge in [0.15, 0.2) is 5.82 Å². The molecule has 0 spiro atoms. The molecule has 1 aliphatic rings. The zero-order chi connectivity index (χ0) is 24.5. The van der Waals surface area contributed by atoms with E-state index < -0.39 is 10.0 Å². The highest BCUT2D eigenvalue weighted by Gasteiger charge is 2.30. The minimum absolute atomic E-state index is 0.305. The third kappa shape index (κ3) is 4.68. The molecule has 34 heavy (non-hydrogen) atoms. The molecule has 0 atom stereocenters. The van der Waals surface area contributed by atoms with E-state index in [9.17, 15) is 8.42 Å². The van der Waals surface area contributed by atoms with Gasteiger partial charge in [-0.3, -0.25) is 0 Å². The van der Waals surface area contributed by atoms with Gasteiger partial charge < -0.3 is 14.4 Å². The molecule has 0 radical (unpaired) electrons. The van der Waals surface area contributed by atoms with Crippen molar-refractivity contribution >= 4 is 27.4 Å². The van der Waals surface area contributed by atoms with E-state index >= 15 is 0 Å². The quantitative estimate of drug-likeness (QED) is 0.504. The van der Waals surface area contributed by atoms with Crippen LogP contribution in [0.5, 0.6) is 11.5 Å². The van der Waals surface area contributed by atoms with E-state index in [-0.39, 0.29) is 0 Å². The SMILES string of the molecule is COc1ccc(OC)c(-c2ccc(N3CCN(S(=O)(=O)c4cc(C)c(Cl)cc4C)CC3)nn2)c1. The van der Waals surface area contributed by atoms with Gasteiger partial charge in [0.05, 0.1) is 24.8 Å². The van der Waals surface area contributed by atoms with Crippen molar-refractivity contribution in [3.63, 3.8) is 0 Å². The van der Waals surface area contributed by atoms with Crippen molar-refractivity contribution in [1.82, 2.24) is 14.5 Å². The summed E-state index contributed by atoms with van der Waals surface area (Å²) in [6, 6.07) is 12.6. The second-order valence-electron chi connectivity index (χ2n) is 8.10. The van der Waals surface area contributed by atoms with Gasteiger partial charge in [-0.1, -0.05) is 11.6 Å². The van der Waals surface area contributed by atoms with Gasteiger partial charge in [-0.25, -0.2) is 8.42 Å². The number of piperazine rings is 1. The molecule has 8 nitrogen and oxygen atoms in total. The van der Waals surface area contributed by atoms with E-state index in [1.54, 1.807) is 33.3 Å².